The second-order valence-corrected chi connectivity index (χ2v) is 5.34. The van der Waals surface area contributed by atoms with Crippen molar-refractivity contribution in [2.45, 2.75) is 25.7 Å². The van der Waals surface area contributed by atoms with Crippen LogP contribution >= 0.6 is 0 Å². The van der Waals surface area contributed by atoms with Gasteiger partial charge in [-0.05, 0) is 49.1 Å². The fraction of sp³-hybridized carbons (Fsp3) is 0.263. The van der Waals surface area contributed by atoms with Crippen LogP contribution in [0.1, 0.15) is 35.2 Å². The molecule has 5 heteroatoms. The molecule has 0 aliphatic heterocycles. The maximum absolute atomic E-state index is 12.1. The molecule has 0 aliphatic rings. The van der Waals surface area contributed by atoms with Crippen LogP contribution in [-0.2, 0) is 11.2 Å². The number of hydrogen-bond acceptors (Lipinski definition) is 4. The van der Waals surface area contributed by atoms with Gasteiger partial charge in [0.2, 0.25) is 0 Å². The summed E-state index contributed by atoms with van der Waals surface area (Å²) in [4.78, 5) is 22.6. The topological polar surface area (TPSA) is 72.8 Å². The third-order valence-electron chi connectivity index (χ3n) is 3.55. The average Bonchev–Trinajstić information content (AvgIpc) is 2.60. The number of aliphatic carboxylic acids is 1. The Morgan fingerprint density at radius 2 is 1.75 bits per heavy atom. The van der Waals surface area contributed by atoms with Crippen molar-refractivity contribution in [2.24, 2.45) is 0 Å². The quantitative estimate of drug-likeness (QED) is 0.454. The van der Waals surface area contributed by atoms with Crippen molar-refractivity contribution in [2.75, 3.05) is 7.11 Å². The van der Waals surface area contributed by atoms with Crippen molar-refractivity contribution in [3.8, 4) is 11.5 Å². The number of carboxylic acids is 1. The second-order valence-electron chi connectivity index (χ2n) is 5.34. The Labute approximate surface area is 140 Å². The molecule has 126 valence electrons. The summed E-state index contributed by atoms with van der Waals surface area (Å²) >= 11 is 0. The summed E-state index contributed by atoms with van der Waals surface area (Å²) in [5.74, 6) is -0.380. The van der Waals surface area contributed by atoms with E-state index in [-0.39, 0.29) is 6.42 Å². The van der Waals surface area contributed by atoms with E-state index in [9.17, 15) is 9.59 Å². The Hall–Kier alpha value is -2.82. The summed E-state index contributed by atoms with van der Waals surface area (Å²) in [5.41, 5.74) is 1.48. The number of carboxylic acid groups (broad SMARTS) is 1. The van der Waals surface area contributed by atoms with Crippen LogP contribution in [0.25, 0.3) is 0 Å². The maximum Gasteiger partial charge on any atom is 0.343 e. The van der Waals surface area contributed by atoms with Gasteiger partial charge in [0.15, 0.2) is 11.5 Å². The lowest BCUT2D eigenvalue weighted by molar-refractivity contribution is -0.137. The van der Waals surface area contributed by atoms with Crippen molar-refractivity contribution < 1.29 is 24.2 Å². The lowest BCUT2D eigenvalue weighted by Crippen LogP contribution is -2.09. The van der Waals surface area contributed by atoms with E-state index < -0.39 is 11.9 Å². The molecule has 0 atom stereocenters. The highest BCUT2D eigenvalue weighted by Crippen LogP contribution is 2.29. The van der Waals surface area contributed by atoms with Crippen molar-refractivity contribution >= 4 is 11.9 Å². The molecule has 5 nitrogen and oxygen atoms in total. The van der Waals surface area contributed by atoms with E-state index in [0.717, 1.165) is 18.4 Å². The van der Waals surface area contributed by atoms with E-state index in [2.05, 4.69) is 0 Å². The van der Waals surface area contributed by atoms with Crippen LogP contribution in [0.15, 0.2) is 48.5 Å². The maximum atomic E-state index is 12.1. The molecule has 2 aromatic rings. The van der Waals surface area contributed by atoms with Crippen molar-refractivity contribution in [3.05, 3.63) is 59.7 Å². The number of hydrogen-bond donors (Lipinski definition) is 1. The van der Waals surface area contributed by atoms with Crippen LogP contribution < -0.4 is 9.47 Å². The third kappa shape index (κ3) is 5.12. The number of ether oxygens (including phenoxy) is 2. The van der Waals surface area contributed by atoms with Crippen LogP contribution in [0.4, 0.5) is 0 Å². The molecule has 0 saturated carbocycles. The van der Waals surface area contributed by atoms with Crippen LogP contribution in [0, 0.1) is 0 Å². The summed E-state index contributed by atoms with van der Waals surface area (Å²) < 4.78 is 10.7. The lowest BCUT2D eigenvalue weighted by atomic mass is 10.1. The Bertz CT molecular complexity index is 694. The number of aryl methyl sites for hydroxylation is 1. The van der Waals surface area contributed by atoms with Gasteiger partial charge in [-0.1, -0.05) is 24.3 Å². The van der Waals surface area contributed by atoms with Gasteiger partial charge in [-0.15, -0.1) is 0 Å². The standard InChI is InChI=1S/C19H20O5/c1-23-17-13-14(7-5-6-10-18(20)21)11-12-16(17)24-19(22)15-8-3-2-4-9-15/h2-4,8-9,11-13H,5-7,10H2,1H3,(H,20,21). The van der Waals surface area contributed by atoms with Gasteiger partial charge in [0.05, 0.1) is 12.7 Å². The summed E-state index contributed by atoms with van der Waals surface area (Å²) in [5, 5.41) is 8.64. The monoisotopic (exact) mass is 328 g/mol. The van der Waals surface area contributed by atoms with Gasteiger partial charge in [0.1, 0.15) is 0 Å². The highest BCUT2D eigenvalue weighted by Gasteiger charge is 2.12. The number of rotatable bonds is 8. The van der Waals surface area contributed by atoms with Crippen LogP contribution in [0.2, 0.25) is 0 Å². The van der Waals surface area contributed by atoms with E-state index in [1.807, 2.05) is 18.2 Å². The molecule has 0 fully saturated rings. The number of esters is 1. The molecule has 0 amide bonds. The first-order valence-corrected chi connectivity index (χ1v) is 7.76. The number of carbonyl (C=O) groups is 2. The zero-order valence-electron chi connectivity index (χ0n) is 13.5. The van der Waals surface area contributed by atoms with Gasteiger partial charge in [0, 0.05) is 6.42 Å². The zero-order valence-corrected chi connectivity index (χ0v) is 13.5. The Kier molecular flexibility index (Phi) is 6.37. The van der Waals surface area contributed by atoms with E-state index in [1.54, 1.807) is 30.3 Å². The summed E-state index contributed by atoms with van der Waals surface area (Å²) in [6.45, 7) is 0. The number of carbonyl (C=O) groups excluding carboxylic acids is 1. The fourth-order valence-electron chi connectivity index (χ4n) is 2.29. The van der Waals surface area contributed by atoms with E-state index >= 15 is 0 Å². The molecule has 0 saturated heterocycles. The van der Waals surface area contributed by atoms with E-state index in [4.69, 9.17) is 14.6 Å². The van der Waals surface area contributed by atoms with Crippen LogP contribution in [-0.4, -0.2) is 24.2 Å². The fourth-order valence-corrected chi connectivity index (χ4v) is 2.29. The molecule has 2 rings (SSSR count). The normalized spacial score (nSPS) is 10.2. The van der Waals surface area contributed by atoms with Crippen molar-refractivity contribution in [1.29, 1.82) is 0 Å². The van der Waals surface area contributed by atoms with Gasteiger partial charge in [-0.3, -0.25) is 4.79 Å². The minimum absolute atomic E-state index is 0.171. The lowest BCUT2D eigenvalue weighted by Gasteiger charge is -2.11. The molecule has 24 heavy (non-hydrogen) atoms. The SMILES string of the molecule is COc1cc(CCCCC(=O)O)ccc1OC(=O)c1ccccc1. The molecule has 0 bridgehead atoms. The van der Waals surface area contributed by atoms with Crippen molar-refractivity contribution in [1.82, 2.24) is 0 Å². The summed E-state index contributed by atoms with van der Waals surface area (Å²) in [6.07, 6.45) is 2.32. The Morgan fingerprint density at radius 1 is 1.00 bits per heavy atom. The summed E-state index contributed by atoms with van der Waals surface area (Å²) in [6, 6.07) is 14.1. The van der Waals surface area contributed by atoms with Gasteiger partial charge in [-0.2, -0.15) is 0 Å². The molecule has 1 N–H and O–H groups in total. The second kappa shape index (κ2) is 8.72. The molecule has 0 aliphatic carbocycles. The zero-order chi connectivity index (χ0) is 17.4. The van der Waals surface area contributed by atoms with Crippen LogP contribution in [0.5, 0.6) is 11.5 Å². The minimum atomic E-state index is -0.782. The first kappa shape index (κ1) is 17.5. The Balaban J connectivity index is 2.01. The number of benzene rings is 2. The summed E-state index contributed by atoms with van der Waals surface area (Å²) in [7, 11) is 1.52. The van der Waals surface area contributed by atoms with Gasteiger partial charge < -0.3 is 14.6 Å². The number of unbranched alkanes of at least 4 members (excludes halogenated alkanes) is 1. The molecule has 0 radical (unpaired) electrons. The molecule has 0 heterocycles. The highest BCUT2D eigenvalue weighted by atomic mass is 16.6. The molecule has 0 spiro atoms. The van der Waals surface area contributed by atoms with Crippen LogP contribution in [0.3, 0.4) is 0 Å². The minimum Gasteiger partial charge on any atom is -0.493 e. The third-order valence-corrected chi connectivity index (χ3v) is 3.55. The first-order valence-electron chi connectivity index (χ1n) is 7.76. The predicted molar refractivity (Wildman–Crippen MR) is 89.6 cm³/mol. The predicted octanol–water partition coefficient (Wildman–Crippen LogP) is 3.71. The van der Waals surface area contributed by atoms with Gasteiger partial charge >= 0.3 is 11.9 Å². The average molecular weight is 328 g/mol. The molecule has 0 unspecified atom stereocenters. The number of methoxy groups -OCH3 is 1. The van der Waals surface area contributed by atoms with Crippen molar-refractivity contribution in [3.63, 3.8) is 0 Å². The van der Waals surface area contributed by atoms with E-state index in [0.29, 0.717) is 23.5 Å². The van der Waals surface area contributed by atoms with Gasteiger partial charge in [0.25, 0.3) is 0 Å². The molecular weight excluding hydrogens is 308 g/mol. The van der Waals surface area contributed by atoms with Gasteiger partial charge in [-0.25, -0.2) is 4.79 Å². The highest BCUT2D eigenvalue weighted by molar-refractivity contribution is 5.91. The van der Waals surface area contributed by atoms with E-state index in [1.165, 1.54) is 7.11 Å². The molecule has 2 aromatic carbocycles. The largest absolute Gasteiger partial charge is 0.493 e. The smallest absolute Gasteiger partial charge is 0.343 e. The molecule has 0 aromatic heterocycles. The Morgan fingerprint density at radius 3 is 2.42 bits per heavy atom. The first-order chi connectivity index (χ1) is 11.6. The molecular formula is C19H20O5.